The Bertz CT molecular complexity index is 588. The van der Waals surface area contributed by atoms with E-state index in [9.17, 15) is 9.59 Å². The topological polar surface area (TPSA) is 52.6 Å². The van der Waals surface area contributed by atoms with Gasteiger partial charge in [-0.2, -0.15) is 0 Å². The van der Waals surface area contributed by atoms with Gasteiger partial charge in [0.25, 0.3) is 0 Å². The second-order valence-electron chi connectivity index (χ2n) is 4.20. The van der Waals surface area contributed by atoms with Crippen LogP contribution in [0.15, 0.2) is 48.5 Å². The minimum atomic E-state index is -0.275. The number of esters is 1. The zero-order valence-corrected chi connectivity index (χ0v) is 12.3. The van der Waals surface area contributed by atoms with Gasteiger partial charge in [-0.15, -0.1) is 0 Å². The van der Waals surface area contributed by atoms with Crippen molar-refractivity contribution < 1.29 is 19.1 Å². The molecule has 0 atom stereocenters. The molecule has 0 amide bonds. The van der Waals surface area contributed by atoms with Crippen molar-refractivity contribution in [1.29, 1.82) is 0 Å². The molecule has 21 heavy (non-hydrogen) atoms. The molecule has 0 fully saturated rings. The van der Waals surface area contributed by atoms with Gasteiger partial charge in [0, 0.05) is 5.56 Å². The minimum Gasteiger partial charge on any atom is -0.497 e. The Morgan fingerprint density at radius 2 is 1.62 bits per heavy atom. The minimum absolute atomic E-state index is 0.275. The molecule has 0 spiro atoms. The number of methoxy groups -OCH3 is 2. The van der Waals surface area contributed by atoms with E-state index in [1.165, 1.54) is 7.11 Å². The predicted molar refractivity (Wildman–Crippen MR) is 80.9 cm³/mol. The van der Waals surface area contributed by atoms with E-state index < -0.39 is 0 Å². The normalized spacial score (nSPS) is 9.10. The molecule has 0 unspecified atom stereocenters. The Morgan fingerprint density at radius 3 is 2.10 bits per heavy atom. The van der Waals surface area contributed by atoms with Crippen molar-refractivity contribution in [1.82, 2.24) is 0 Å². The molecule has 2 aromatic rings. The zero-order chi connectivity index (χ0) is 15.7. The molecule has 0 aromatic heterocycles. The lowest BCUT2D eigenvalue weighted by Crippen LogP contribution is -2.02. The summed E-state index contributed by atoms with van der Waals surface area (Å²) < 4.78 is 9.48. The molecule has 0 aliphatic rings. The quantitative estimate of drug-likeness (QED) is 0.642. The van der Waals surface area contributed by atoms with Gasteiger partial charge >= 0.3 is 5.97 Å². The van der Waals surface area contributed by atoms with Gasteiger partial charge in [0.1, 0.15) is 12.0 Å². The van der Waals surface area contributed by atoms with E-state index in [0.717, 1.165) is 17.6 Å². The number of rotatable bonds is 3. The summed E-state index contributed by atoms with van der Waals surface area (Å²) in [4.78, 5) is 21.2. The van der Waals surface area contributed by atoms with Crippen molar-refractivity contribution in [2.24, 2.45) is 0 Å². The van der Waals surface area contributed by atoms with Gasteiger partial charge in [0.15, 0.2) is 0 Å². The first-order chi connectivity index (χ1) is 10.1. The Morgan fingerprint density at radius 1 is 1.00 bits per heavy atom. The van der Waals surface area contributed by atoms with Crippen molar-refractivity contribution in [3.05, 3.63) is 65.2 Å². The summed E-state index contributed by atoms with van der Waals surface area (Å²) in [6.45, 7) is 1.88. The molecule has 0 aliphatic carbocycles. The highest BCUT2D eigenvalue weighted by Crippen LogP contribution is 2.09. The van der Waals surface area contributed by atoms with Crippen molar-refractivity contribution in [3.8, 4) is 5.75 Å². The highest BCUT2D eigenvalue weighted by Gasteiger charge is 2.05. The van der Waals surface area contributed by atoms with Crippen LogP contribution in [0.1, 0.15) is 26.3 Å². The Labute approximate surface area is 124 Å². The van der Waals surface area contributed by atoms with Gasteiger partial charge in [0.2, 0.25) is 0 Å². The highest BCUT2D eigenvalue weighted by atomic mass is 16.5. The molecule has 0 aliphatic heterocycles. The molecular formula is C17H18O4. The van der Waals surface area contributed by atoms with Crippen LogP contribution in [0.3, 0.4) is 0 Å². The van der Waals surface area contributed by atoms with Crippen LogP contribution < -0.4 is 4.74 Å². The van der Waals surface area contributed by atoms with Gasteiger partial charge in [-0.25, -0.2) is 4.79 Å². The maximum absolute atomic E-state index is 11.0. The Kier molecular flexibility index (Phi) is 6.68. The molecule has 0 N–H and O–H groups in total. The number of ether oxygens (including phenoxy) is 2. The fourth-order valence-electron chi connectivity index (χ4n) is 1.59. The van der Waals surface area contributed by atoms with Gasteiger partial charge in [0.05, 0.1) is 19.8 Å². The average molecular weight is 286 g/mol. The van der Waals surface area contributed by atoms with Crippen LogP contribution in [0.4, 0.5) is 0 Å². The number of aryl methyl sites for hydroxylation is 1. The Balaban J connectivity index is 0.000000211. The lowest BCUT2D eigenvalue weighted by molar-refractivity contribution is 0.0600. The van der Waals surface area contributed by atoms with E-state index >= 15 is 0 Å². The number of carbonyl (C=O) groups excluding carboxylic acids is 2. The van der Waals surface area contributed by atoms with Crippen molar-refractivity contribution in [3.63, 3.8) is 0 Å². The van der Waals surface area contributed by atoms with Crippen molar-refractivity contribution >= 4 is 12.3 Å². The third-order valence-corrected chi connectivity index (χ3v) is 2.80. The van der Waals surface area contributed by atoms with Crippen LogP contribution in [-0.2, 0) is 4.74 Å². The van der Waals surface area contributed by atoms with Crippen molar-refractivity contribution in [2.45, 2.75) is 6.92 Å². The van der Waals surface area contributed by atoms with Crippen LogP contribution in [0, 0.1) is 6.92 Å². The molecule has 0 heterocycles. The maximum Gasteiger partial charge on any atom is 0.338 e. The summed E-state index contributed by atoms with van der Waals surface area (Å²) in [5.41, 5.74) is 2.25. The first-order valence-corrected chi connectivity index (χ1v) is 6.35. The van der Waals surface area contributed by atoms with Crippen LogP contribution in [0.25, 0.3) is 0 Å². The summed E-state index contributed by atoms with van der Waals surface area (Å²) in [7, 11) is 2.98. The lowest BCUT2D eigenvalue weighted by atomic mass is 10.1. The third-order valence-electron chi connectivity index (χ3n) is 2.80. The van der Waals surface area contributed by atoms with E-state index in [2.05, 4.69) is 4.74 Å². The van der Waals surface area contributed by atoms with Gasteiger partial charge in [-0.1, -0.05) is 18.2 Å². The Hall–Kier alpha value is -2.62. The van der Waals surface area contributed by atoms with E-state index in [1.807, 2.05) is 25.1 Å². The molecule has 2 rings (SSSR count). The molecule has 4 nitrogen and oxygen atoms in total. The first kappa shape index (κ1) is 16.4. The number of hydrogen-bond acceptors (Lipinski definition) is 4. The van der Waals surface area contributed by atoms with Crippen LogP contribution in [0.2, 0.25) is 0 Å². The number of benzene rings is 2. The molecule has 0 saturated carbocycles. The van der Waals surface area contributed by atoms with E-state index in [4.69, 9.17) is 4.74 Å². The lowest BCUT2D eigenvalue weighted by Gasteiger charge is -2.00. The zero-order valence-electron chi connectivity index (χ0n) is 12.3. The summed E-state index contributed by atoms with van der Waals surface area (Å²) in [6, 6.07) is 14.3. The summed E-state index contributed by atoms with van der Waals surface area (Å²) >= 11 is 0. The highest BCUT2D eigenvalue weighted by molar-refractivity contribution is 5.90. The number of carbonyl (C=O) groups is 2. The average Bonchev–Trinajstić information content (AvgIpc) is 2.55. The smallest absolute Gasteiger partial charge is 0.338 e. The number of hydrogen-bond donors (Lipinski definition) is 0. The second kappa shape index (κ2) is 8.53. The summed E-state index contributed by atoms with van der Waals surface area (Å²) in [5.74, 6) is 0.494. The molecule has 0 bridgehead atoms. The molecule has 110 valence electrons. The fourth-order valence-corrected chi connectivity index (χ4v) is 1.59. The molecule has 2 aromatic carbocycles. The fraction of sp³-hybridized carbons (Fsp3) is 0.176. The van der Waals surface area contributed by atoms with Gasteiger partial charge in [-0.3, -0.25) is 4.79 Å². The number of aldehydes is 1. The van der Waals surface area contributed by atoms with E-state index in [0.29, 0.717) is 11.1 Å². The molecule has 0 saturated heterocycles. The van der Waals surface area contributed by atoms with Gasteiger partial charge < -0.3 is 9.47 Å². The largest absolute Gasteiger partial charge is 0.497 e. The van der Waals surface area contributed by atoms with E-state index in [-0.39, 0.29) is 5.97 Å². The van der Waals surface area contributed by atoms with E-state index in [1.54, 1.807) is 37.4 Å². The molecular weight excluding hydrogens is 268 g/mol. The SMILES string of the molecule is COC(=O)c1ccccc1C.COc1ccc(C=O)cc1. The van der Waals surface area contributed by atoms with Crippen LogP contribution >= 0.6 is 0 Å². The molecule has 4 heteroatoms. The standard InChI is InChI=1S/C9H10O2.C8H8O2/c1-7-5-3-4-6-8(7)9(10)11-2;1-10-8-4-2-7(6-9)3-5-8/h3-6H,1-2H3;2-6H,1H3. The van der Waals surface area contributed by atoms with Crippen LogP contribution in [-0.4, -0.2) is 26.5 Å². The monoisotopic (exact) mass is 286 g/mol. The maximum atomic E-state index is 11.0. The van der Waals surface area contributed by atoms with Crippen molar-refractivity contribution in [2.75, 3.05) is 14.2 Å². The first-order valence-electron chi connectivity index (χ1n) is 6.35. The summed E-state index contributed by atoms with van der Waals surface area (Å²) in [5, 5.41) is 0. The third kappa shape index (κ3) is 5.10. The molecule has 0 radical (unpaired) electrons. The second-order valence-corrected chi connectivity index (χ2v) is 4.20. The van der Waals surface area contributed by atoms with Crippen LogP contribution in [0.5, 0.6) is 5.75 Å². The van der Waals surface area contributed by atoms with Gasteiger partial charge in [-0.05, 0) is 42.8 Å². The summed E-state index contributed by atoms with van der Waals surface area (Å²) in [6.07, 6.45) is 0.805. The predicted octanol–water partition coefficient (Wildman–Crippen LogP) is 3.29.